The smallest absolute Gasteiger partial charge is 0.283 e. The van der Waals surface area contributed by atoms with Crippen LogP contribution < -0.4 is 5.56 Å². The molecule has 3 aromatic carbocycles. The molecule has 0 saturated carbocycles. The summed E-state index contributed by atoms with van der Waals surface area (Å²) >= 11 is 6.04. The summed E-state index contributed by atoms with van der Waals surface area (Å²) in [5.74, 6) is 0.545. The van der Waals surface area contributed by atoms with E-state index in [9.17, 15) is 4.79 Å². The Kier molecular flexibility index (Phi) is 4.22. The minimum absolute atomic E-state index is 0.231. The van der Waals surface area contributed by atoms with Crippen molar-refractivity contribution in [2.45, 2.75) is 0 Å². The van der Waals surface area contributed by atoms with Gasteiger partial charge in [0.1, 0.15) is 12.2 Å². The summed E-state index contributed by atoms with van der Waals surface area (Å²) in [6.07, 6.45) is 1.63. The maximum Gasteiger partial charge on any atom is 0.286 e. The number of nitrogens with zero attached hydrogens (tertiary/aromatic N) is 4. The zero-order valence-electron chi connectivity index (χ0n) is 15.2. The quantitative estimate of drug-likeness (QED) is 0.434. The number of hydrogen-bond donors (Lipinski definition) is 0. The monoisotopic (exact) mass is 398 g/mol. The van der Waals surface area contributed by atoms with Crippen LogP contribution in [-0.2, 0) is 0 Å². The largest absolute Gasteiger partial charge is 0.286 e. The number of aromatic nitrogens is 4. The SMILES string of the molecule is O=c1c2ncn(-c3ccccc3)c2nc(-c2ccccc2)n1-c1ccc(Cl)cc1. The van der Waals surface area contributed by atoms with Gasteiger partial charge in [-0.2, -0.15) is 0 Å². The van der Waals surface area contributed by atoms with Crippen molar-refractivity contribution in [1.82, 2.24) is 19.1 Å². The standard InChI is InChI=1S/C23H15ClN4O/c24-17-11-13-19(14-12-17)28-21(16-7-3-1-4-8-16)26-22-20(23(28)29)25-15-27(22)18-9-5-2-6-10-18/h1-15H. The molecule has 5 aromatic rings. The number of hydrogen-bond acceptors (Lipinski definition) is 3. The molecule has 0 aliphatic heterocycles. The van der Waals surface area contributed by atoms with Crippen LogP contribution >= 0.6 is 11.6 Å². The average Bonchev–Trinajstić information content (AvgIpc) is 3.20. The number of para-hydroxylation sites is 1. The molecule has 0 amide bonds. The Labute approximate surface area is 171 Å². The Balaban J connectivity index is 1.86. The summed E-state index contributed by atoms with van der Waals surface area (Å²) in [4.78, 5) is 22.7. The van der Waals surface area contributed by atoms with Gasteiger partial charge in [-0.3, -0.25) is 13.9 Å². The molecule has 140 valence electrons. The first-order chi connectivity index (χ1) is 14.2. The van der Waals surface area contributed by atoms with Crippen LogP contribution in [0.4, 0.5) is 0 Å². The number of rotatable bonds is 3. The average molecular weight is 399 g/mol. The van der Waals surface area contributed by atoms with E-state index in [1.165, 1.54) is 0 Å². The molecule has 0 N–H and O–H groups in total. The van der Waals surface area contributed by atoms with Crippen molar-refractivity contribution in [1.29, 1.82) is 0 Å². The van der Waals surface area contributed by atoms with E-state index in [4.69, 9.17) is 16.6 Å². The van der Waals surface area contributed by atoms with Crippen LogP contribution in [0.1, 0.15) is 0 Å². The van der Waals surface area contributed by atoms with Gasteiger partial charge < -0.3 is 0 Å². The van der Waals surface area contributed by atoms with E-state index in [1.807, 2.05) is 65.2 Å². The van der Waals surface area contributed by atoms with Gasteiger partial charge in [0.05, 0.1) is 5.69 Å². The van der Waals surface area contributed by atoms with Crippen LogP contribution in [-0.4, -0.2) is 19.1 Å². The molecule has 5 nitrogen and oxygen atoms in total. The lowest BCUT2D eigenvalue weighted by atomic mass is 10.2. The zero-order valence-corrected chi connectivity index (χ0v) is 16.0. The summed E-state index contributed by atoms with van der Waals surface area (Å²) < 4.78 is 3.41. The summed E-state index contributed by atoms with van der Waals surface area (Å²) in [6.45, 7) is 0. The van der Waals surface area contributed by atoms with E-state index in [-0.39, 0.29) is 5.56 Å². The summed E-state index contributed by atoms with van der Waals surface area (Å²) in [5.41, 5.74) is 3.01. The lowest BCUT2D eigenvalue weighted by Crippen LogP contribution is -2.22. The van der Waals surface area contributed by atoms with Crippen molar-refractivity contribution in [2.75, 3.05) is 0 Å². The van der Waals surface area contributed by atoms with Gasteiger partial charge in [0, 0.05) is 16.3 Å². The third-order valence-corrected chi connectivity index (χ3v) is 4.97. The van der Waals surface area contributed by atoms with E-state index in [0.717, 1.165) is 11.3 Å². The summed E-state index contributed by atoms with van der Waals surface area (Å²) in [7, 11) is 0. The predicted molar refractivity (Wildman–Crippen MR) is 115 cm³/mol. The number of halogens is 1. The minimum atomic E-state index is -0.231. The van der Waals surface area contributed by atoms with Gasteiger partial charge in [-0.05, 0) is 36.4 Å². The molecule has 0 bridgehead atoms. The summed E-state index contributed by atoms with van der Waals surface area (Å²) in [6, 6.07) is 26.5. The Morgan fingerprint density at radius 2 is 1.41 bits per heavy atom. The molecule has 2 aromatic heterocycles. The molecule has 0 radical (unpaired) electrons. The number of fused-ring (bicyclic) bond motifs is 1. The molecule has 0 atom stereocenters. The Morgan fingerprint density at radius 1 is 0.759 bits per heavy atom. The van der Waals surface area contributed by atoms with Gasteiger partial charge >= 0.3 is 0 Å². The summed E-state index contributed by atoms with van der Waals surface area (Å²) in [5, 5.41) is 0.602. The number of imidazole rings is 1. The van der Waals surface area contributed by atoms with Crippen molar-refractivity contribution >= 4 is 22.8 Å². The van der Waals surface area contributed by atoms with E-state index in [0.29, 0.717) is 27.7 Å². The first kappa shape index (κ1) is 17.4. The van der Waals surface area contributed by atoms with Crippen molar-refractivity contribution in [3.63, 3.8) is 0 Å². The van der Waals surface area contributed by atoms with Gasteiger partial charge in [0.15, 0.2) is 11.2 Å². The maximum atomic E-state index is 13.5. The highest BCUT2D eigenvalue weighted by molar-refractivity contribution is 6.30. The highest BCUT2D eigenvalue weighted by Gasteiger charge is 2.18. The fourth-order valence-electron chi connectivity index (χ4n) is 3.34. The third-order valence-electron chi connectivity index (χ3n) is 4.72. The molecule has 0 aliphatic rings. The van der Waals surface area contributed by atoms with E-state index < -0.39 is 0 Å². The lowest BCUT2D eigenvalue weighted by molar-refractivity contribution is 0.962. The van der Waals surface area contributed by atoms with Gasteiger partial charge in [0.2, 0.25) is 0 Å². The third kappa shape index (κ3) is 3.02. The maximum absolute atomic E-state index is 13.5. The molecular formula is C23H15ClN4O. The molecule has 5 rings (SSSR count). The van der Waals surface area contributed by atoms with Crippen molar-refractivity contribution in [2.24, 2.45) is 0 Å². The molecular weight excluding hydrogens is 384 g/mol. The van der Waals surface area contributed by atoms with Crippen LogP contribution in [0.5, 0.6) is 0 Å². The molecule has 29 heavy (non-hydrogen) atoms. The predicted octanol–water partition coefficient (Wildman–Crippen LogP) is 4.89. The normalized spacial score (nSPS) is 11.1. The number of benzene rings is 3. The molecule has 0 unspecified atom stereocenters. The Morgan fingerprint density at radius 3 is 2.10 bits per heavy atom. The van der Waals surface area contributed by atoms with Gasteiger partial charge in [-0.25, -0.2) is 9.97 Å². The lowest BCUT2D eigenvalue weighted by Gasteiger charge is -2.13. The second kappa shape index (κ2) is 7.04. The minimum Gasteiger partial charge on any atom is -0.283 e. The van der Waals surface area contributed by atoms with Crippen LogP contribution in [0, 0.1) is 0 Å². The van der Waals surface area contributed by atoms with Crippen LogP contribution in [0.3, 0.4) is 0 Å². The van der Waals surface area contributed by atoms with Crippen LogP contribution in [0.25, 0.3) is 33.9 Å². The molecule has 2 heterocycles. The molecule has 0 fully saturated rings. The fourth-order valence-corrected chi connectivity index (χ4v) is 3.47. The highest BCUT2D eigenvalue weighted by atomic mass is 35.5. The van der Waals surface area contributed by atoms with E-state index in [1.54, 1.807) is 35.2 Å². The first-order valence-electron chi connectivity index (χ1n) is 9.09. The van der Waals surface area contributed by atoms with Crippen molar-refractivity contribution in [3.05, 3.63) is 107 Å². The van der Waals surface area contributed by atoms with E-state index >= 15 is 0 Å². The Bertz CT molecular complexity index is 1360. The molecule has 0 aliphatic carbocycles. The first-order valence-corrected chi connectivity index (χ1v) is 9.47. The molecule has 6 heteroatoms. The Hall–Kier alpha value is -3.70. The van der Waals surface area contributed by atoms with Gasteiger partial charge in [-0.1, -0.05) is 60.1 Å². The molecule has 0 saturated heterocycles. The molecule has 0 spiro atoms. The van der Waals surface area contributed by atoms with Crippen molar-refractivity contribution < 1.29 is 0 Å². The topological polar surface area (TPSA) is 52.7 Å². The van der Waals surface area contributed by atoms with Gasteiger partial charge in [-0.15, -0.1) is 0 Å². The van der Waals surface area contributed by atoms with Crippen molar-refractivity contribution in [3.8, 4) is 22.8 Å². The van der Waals surface area contributed by atoms with Gasteiger partial charge in [0.25, 0.3) is 5.56 Å². The van der Waals surface area contributed by atoms with Crippen LogP contribution in [0.15, 0.2) is 96.1 Å². The highest BCUT2D eigenvalue weighted by Crippen LogP contribution is 2.24. The fraction of sp³-hybridized carbons (Fsp3) is 0. The zero-order chi connectivity index (χ0) is 19.8. The van der Waals surface area contributed by atoms with Crippen LogP contribution in [0.2, 0.25) is 5.02 Å². The van der Waals surface area contributed by atoms with E-state index in [2.05, 4.69) is 4.98 Å². The second-order valence-electron chi connectivity index (χ2n) is 6.54. The second-order valence-corrected chi connectivity index (χ2v) is 6.98.